The van der Waals surface area contributed by atoms with Gasteiger partial charge in [-0.25, -0.2) is 0 Å². The van der Waals surface area contributed by atoms with Crippen molar-refractivity contribution < 1.29 is 0 Å². The summed E-state index contributed by atoms with van der Waals surface area (Å²) in [6, 6.07) is 2.51. The molecule has 0 aliphatic carbocycles. The molecule has 0 aliphatic rings. The number of unbranched alkanes of at least 4 members (excludes halogenated alkanes) is 1. The summed E-state index contributed by atoms with van der Waals surface area (Å²) in [5, 5.41) is 12.1. The molecule has 2 heteroatoms. The quantitative estimate of drug-likeness (QED) is 0.513. The summed E-state index contributed by atoms with van der Waals surface area (Å²) >= 11 is 0. The van der Waals surface area contributed by atoms with Gasteiger partial charge in [0.05, 0.1) is 17.5 Å². The first kappa shape index (κ1) is 14.0. The Bertz CT molecular complexity index is 242. The second-order valence-corrected chi connectivity index (χ2v) is 4.53. The summed E-state index contributed by atoms with van der Waals surface area (Å²) in [6.07, 6.45) is 9.43. The normalized spacial score (nSPS) is 12.9. The van der Waals surface area contributed by atoms with E-state index in [4.69, 9.17) is 11.7 Å². The molecule has 0 aromatic heterocycles. The van der Waals surface area contributed by atoms with Crippen molar-refractivity contribution in [1.82, 2.24) is 5.32 Å². The summed E-state index contributed by atoms with van der Waals surface area (Å²) in [5.74, 6) is 2.71. The molecule has 0 rings (SSSR count). The maximum atomic E-state index is 8.82. The van der Waals surface area contributed by atoms with Gasteiger partial charge in [0.1, 0.15) is 0 Å². The summed E-state index contributed by atoms with van der Waals surface area (Å²) in [7, 11) is 0. The largest absolute Gasteiger partial charge is 0.304 e. The van der Waals surface area contributed by atoms with Crippen molar-refractivity contribution in [1.29, 1.82) is 5.26 Å². The third-order valence-electron chi connectivity index (χ3n) is 2.53. The molecule has 1 N–H and O–H groups in total. The predicted octanol–water partition coefficient (Wildman–Crippen LogP) is 2.71. The Hall–Kier alpha value is -0.990. The fourth-order valence-corrected chi connectivity index (χ4v) is 1.35. The van der Waals surface area contributed by atoms with Gasteiger partial charge in [-0.2, -0.15) is 5.26 Å². The van der Waals surface area contributed by atoms with Crippen molar-refractivity contribution in [3.63, 3.8) is 0 Å². The summed E-state index contributed by atoms with van der Waals surface area (Å²) in [6.45, 7) is 6.99. The van der Waals surface area contributed by atoms with Crippen LogP contribution in [0, 0.1) is 29.1 Å². The summed E-state index contributed by atoms with van der Waals surface area (Å²) in [4.78, 5) is 0. The second-order valence-electron chi connectivity index (χ2n) is 4.53. The third kappa shape index (κ3) is 7.00. The van der Waals surface area contributed by atoms with Crippen LogP contribution in [-0.2, 0) is 0 Å². The lowest BCUT2D eigenvalue weighted by Crippen LogP contribution is -2.27. The van der Waals surface area contributed by atoms with E-state index in [2.05, 4.69) is 24.2 Å². The van der Waals surface area contributed by atoms with E-state index in [0.717, 1.165) is 32.2 Å². The van der Waals surface area contributed by atoms with Crippen molar-refractivity contribution in [2.24, 2.45) is 5.41 Å². The molecule has 1 atom stereocenters. The van der Waals surface area contributed by atoms with E-state index in [9.17, 15) is 0 Å². The lowest BCUT2D eigenvalue weighted by Gasteiger charge is -2.15. The van der Waals surface area contributed by atoms with Crippen molar-refractivity contribution in [3.8, 4) is 18.4 Å². The number of nitrogens with zero attached hydrogens (tertiary/aromatic N) is 1. The minimum Gasteiger partial charge on any atom is -0.304 e. The lowest BCUT2D eigenvalue weighted by molar-refractivity contribution is 0.419. The van der Waals surface area contributed by atoms with Gasteiger partial charge in [-0.15, -0.1) is 6.42 Å². The van der Waals surface area contributed by atoms with Gasteiger partial charge < -0.3 is 5.32 Å². The van der Waals surface area contributed by atoms with Crippen molar-refractivity contribution in [3.05, 3.63) is 0 Å². The number of hydrogen-bond acceptors (Lipinski definition) is 2. The Morgan fingerprint density at radius 3 is 2.53 bits per heavy atom. The van der Waals surface area contributed by atoms with E-state index in [1.165, 1.54) is 0 Å². The zero-order valence-electron chi connectivity index (χ0n) is 10.1. The molecular formula is C13H22N2. The molecule has 2 nitrogen and oxygen atoms in total. The van der Waals surface area contributed by atoms with E-state index >= 15 is 0 Å². The average molecular weight is 206 g/mol. The molecule has 0 aromatic rings. The lowest BCUT2D eigenvalue weighted by atomic mass is 9.89. The highest BCUT2D eigenvalue weighted by Crippen LogP contribution is 2.21. The number of terminal acetylenes is 1. The van der Waals surface area contributed by atoms with Gasteiger partial charge >= 0.3 is 0 Å². The molecule has 0 aliphatic heterocycles. The summed E-state index contributed by atoms with van der Waals surface area (Å²) < 4.78 is 0. The zero-order chi connectivity index (χ0) is 11.7. The Balaban J connectivity index is 3.49. The fourth-order valence-electron chi connectivity index (χ4n) is 1.35. The Kier molecular flexibility index (Phi) is 6.84. The topological polar surface area (TPSA) is 35.8 Å². The second kappa shape index (κ2) is 7.32. The van der Waals surface area contributed by atoms with Gasteiger partial charge in [0, 0.05) is 0 Å². The maximum Gasteiger partial charge on any atom is 0.0684 e. The van der Waals surface area contributed by atoms with Gasteiger partial charge in [-0.1, -0.05) is 19.3 Å². The van der Waals surface area contributed by atoms with Crippen LogP contribution in [0.4, 0.5) is 0 Å². The fraction of sp³-hybridized carbons (Fsp3) is 0.769. The van der Waals surface area contributed by atoms with Gasteiger partial charge in [-0.05, 0) is 39.7 Å². The number of hydrogen-bond donors (Lipinski definition) is 1. The molecule has 84 valence electrons. The number of nitriles is 1. The maximum absolute atomic E-state index is 8.82. The van der Waals surface area contributed by atoms with Crippen LogP contribution in [0.1, 0.15) is 46.5 Å². The SMILES string of the molecule is C#CC(CC)NCCCCC(C)(C)C#N. The average Bonchev–Trinajstić information content (AvgIpc) is 2.23. The number of rotatable bonds is 7. The van der Waals surface area contributed by atoms with Crippen LogP contribution >= 0.6 is 0 Å². The van der Waals surface area contributed by atoms with E-state index < -0.39 is 0 Å². The van der Waals surface area contributed by atoms with Crippen LogP contribution in [0.3, 0.4) is 0 Å². The molecule has 1 unspecified atom stereocenters. The third-order valence-corrected chi connectivity index (χ3v) is 2.53. The van der Waals surface area contributed by atoms with E-state index in [0.29, 0.717) is 0 Å². The van der Waals surface area contributed by atoms with Crippen LogP contribution in [0.15, 0.2) is 0 Å². The molecule has 0 radical (unpaired) electrons. The van der Waals surface area contributed by atoms with Crippen molar-refractivity contribution >= 4 is 0 Å². The first-order valence-electron chi connectivity index (χ1n) is 5.66. The minimum atomic E-state index is -0.184. The summed E-state index contributed by atoms with van der Waals surface area (Å²) in [5.41, 5.74) is -0.184. The highest BCUT2D eigenvalue weighted by molar-refractivity contribution is 4.97. The van der Waals surface area contributed by atoms with Crippen LogP contribution in [0.5, 0.6) is 0 Å². The standard InChI is InChI=1S/C13H22N2/c1-5-12(6-2)15-10-8-7-9-13(3,4)11-14/h1,12,15H,6-10H2,2-4H3. The Labute approximate surface area is 94.1 Å². The Morgan fingerprint density at radius 1 is 1.40 bits per heavy atom. The number of nitrogens with one attached hydrogen (secondary N) is 1. The molecular weight excluding hydrogens is 184 g/mol. The molecule has 0 saturated carbocycles. The highest BCUT2D eigenvalue weighted by atomic mass is 14.9. The van der Waals surface area contributed by atoms with E-state index in [1.807, 2.05) is 13.8 Å². The molecule has 0 amide bonds. The molecule has 0 spiro atoms. The molecule has 0 heterocycles. The van der Waals surface area contributed by atoms with Crippen molar-refractivity contribution in [2.75, 3.05) is 6.54 Å². The molecule has 0 aromatic carbocycles. The van der Waals surface area contributed by atoms with Crippen LogP contribution in [-0.4, -0.2) is 12.6 Å². The first-order valence-corrected chi connectivity index (χ1v) is 5.66. The smallest absolute Gasteiger partial charge is 0.0684 e. The van der Waals surface area contributed by atoms with E-state index in [-0.39, 0.29) is 11.5 Å². The Morgan fingerprint density at radius 2 is 2.07 bits per heavy atom. The first-order chi connectivity index (χ1) is 7.05. The molecule has 0 fully saturated rings. The van der Waals surface area contributed by atoms with Gasteiger partial charge in [-0.3, -0.25) is 0 Å². The highest BCUT2D eigenvalue weighted by Gasteiger charge is 2.15. The molecule has 15 heavy (non-hydrogen) atoms. The minimum absolute atomic E-state index is 0.184. The predicted molar refractivity (Wildman–Crippen MR) is 64.2 cm³/mol. The van der Waals surface area contributed by atoms with Gasteiger partial charge in [0.15, 0.2) is 0 Å². The van der Waals surface area contributed by atoms with Crippen molar-refractivity contribution in [2.45, 2.75) is 52.5 Å². The van der Waals surface area contributed by atoms with Gasteiger partial charge in [0.25, 0.3) is 0 Å². The van der Waals surface area contributed by atoms with Gasteiger partial charge in [0.2, 0.25) is 0 Å². The van der Waals surface area contributed by atoms with Crippen LogP contribution in [0.25, 0.3) is 0 Å². The zero-order valence-corrected chi connectivity index (χ0v) is 10.1. The van der Waals surface area contributed by atoms with E-state index in [1.54, 1.807) is 0 Å². The molecule has 0 saturated heterocycles. The molecule has 0 bridgehead atoms. The van der Waals surface area contributed by atoms with Crippen LogP contribution < -0.4 is 5.32 Å². The monoisotopic (exact) mass is 206 g/mol. The van der Waals surface area contributed by atoms with Crippen LogP contribution in [0.2, 0.25) is 0 Å².